The number of fused-ring (bicyclic) bond motifs is 1. The van der Waals surface area contributed by atoms with E-state index in [2.05, 4.69) is 9.72 Å². The van der Waals surface area contributed by atoms with Crippen LogP contribution in [0.5, 0.6) is 0 Å². The van der Waals surface area contributed by atoms with Gasteiger partial charge in [-0.05, 0) is 48.2 Å². The SMILES string of the molecule is COC(=O)c1ccc(-c2ccc(/C=C(\Sc3nc4ccccc4o3)C(=O)O)o2)cc1. The van der Waals surface area contributed by atoms with Crippen LogP contribution in [0.1, 0.15) is 16.1 Å². The van der Waals surface area contributed by atoms with Gasteiger partial charge in [0.1, 0.15) is 21.9 Å². The quantitative estimate of drug-likeness (QED) is 0.261. The zero-order valence-electron chi connectivity index (χ0n) is 15.7. The molecule has 2 aromatic heterocycles. The molecule has 0 amide bonds. The summed E-state index contributed by atoms with van der Waals surface area (Å²) >= 11 is 0.903. The van der Waals surface area contributed by atoms with Gasteiger partial charge in [0.15, 0.2) is 5.58 Å². The number of nitrogens with zero attached hydrogens (tertiary/aromatic N) is 1. The fraction of sp³-hybridized carbons (Fsp3) is 0.0455. The molecule has 0 aliphatic carbocycles. The number of esters is 1. The van der Waals surface area contributed by atoms with E-state index in [1.54, 1.807) is 48.5 Å². The number of oxazole rings is 1. The molecule has 2 aromatic carbocycles. The van der Waals surface area contributed by atoms with E-state index >= 15 is 0 Å². The van der Waals surface area contributed by atoms with Gasteiger partial charge in [-0.3, -0.25) is 0 Å². The molecule has 150 valence electrons. The highest BCUT2D eigenvalue weighted by Gasteiger charge is 2.16. The summed E-state index contributed by atoms with van der Waals surface area (Å²) in [4.78, 5) is 27.5. The lowest BCUT2D eigenvalue weighted by molar-refractivity contribution is -0.131. The van der Waals surface area contributed by atoms with Gasteiger partial charge in [0, 0.05) is 11.6 Å². The Morgan fingerprint density at radius 3 is 2.50 bits per heavy atom. The first-order valence-corrected chi connectivity index (χ1v) is 9.62. The second-order valence-electron chi connectivity index (χ2n) is 6.13. The maximum absolute atomic E-state index is 11.7. The van der Waals surface area contributed by atoms with Crippen LogP contribution >= 0.6 is 11.8 Å². The Morgan fingerprint density at radius 1 is 1.03 bits per heavy atom. The minimum Gasteiger partial charge on any atom is -0.477 e. The largest absolute Gasteiger partial charge is 0.477 e. The second kappa shape index (κ2) is 8.30. The van der Waals surface area contributed by atoms with Crippen molar-refractivity contribution in [3.05, 3.63) is 76.9 Å². The molecule has 30 heavy (non-hydrogen) atoms. The van der Waals surface area contributed by atoms with E-state index in [9.17, 15) is 14.7 Å². The Bertz CT molecular complexity index is 1220. The Labute approximate surface area is 175 Å². The van der Waals surface area contributed by atoms with Crippen molar-refractivity contribution in [1.82, 2.24) is 4.98 Å². The van der Waals surface area contributed by atoms with Crippen LogP contribution in [0.25, 0.3) is 28.5 Å². The lowest BCUT2D eigenvalue weighted by atomic mass is 10.1. The van der Waals surface area contributed by atoms with Crippen molar-refractivity contribution >= 4 is 40.9 Å². The van der Waals surface area contributed by atoms with E-state index in [-0.39, 0.29) is 10.1 Å². The third-order valence-electron chi connectivity index (χ3n) is 4.17. The molecule has 0 bridgehead atoms. The van der Waals surface area contributed by atoms with Gasteiger partial charge in [-0.25, -0.2) is 14.6 Å². The Kier molecular flexibility index (Phi) is 5.40. The van der Waals surface area contributed by atoms with Crippen LogP contribution in [0.4, 0.5) is 0 Å². The van der Waals surface area contributed by atoms with Gasteiger partial charge in [-0.1, -0.05) is 24.3 Å². The summed E-state index contributed by atoms with van der Waals surface area (Å²) in [6.07, 6.45) is 1.41. The van der Waals surface area contributed by atoms with E-state index in [1.807, 2.05) is 12.1 Å². The zero-order valence-corrected chi connectivity index (χ0v) is 16.5. The van der Waals surface area contributed by atoms with E-state index < -0.39 is 11.9 Å². The van der Waals surface area contributed by atoms with Gasteiger partial charge in [0.05, 0.1) is 12.7 Å². The molecular weight excluding hydrogens is 406 g/mol. The molecule has 0 spiro atoms. The number of furan rings is 1. The van der Waals surface area contributed by atoms with Gasteiger partial charge < -0.3 is 18.7 Å². The van der Waals surface area contributed by atoms with Crippen molar-refractivity contribution < 1.29 is 28.3 Å². The fourth-order valence-corrected chi connectivity index (χ4v) is 3.45. The summed E-state index contributed by atoms with van der Waals surface area (Å²) in [7, 11) is 1.32. The van der Waals surface area contributed by atoms with Crippen LogP contribution in [-0.4, -0.2) is 29.1 Å². The summed E-state index contributed by atoms with van der Waals surface area (Å²) in [6.45, 7) is 0. The number of aromatic nitrogens is 1. The molecule has 7 nitrogen and oxygen atoms in total. The number of carboxylic acid groups (broad SMARTS) is 1. The second-order valence-corrected chi connectivity index (χ2v) is 7.13. The Morgan fingerprint density at radius 2 is 1.80 bits per heavy atom. The van der Waals surface area contributed by atoms with Gasteiger partial charge >= 0.3 is 11.9 Å². The molecule has 0 aliphatic heterocycles. The third kappa shape index (κ3) is 4.13. The summed E-state index contributed by atoms with van der Waals surface area (Å²) in [5.41, 5.74) is 2.41. The van der Waals surface area contributed by atoms with Crippen molar-refractivity contribution in [1.29, 1.82) is 0 Å². The van der Waals surface area contributed by atoms with Gasteiger partial charge in [0.2, 0.25) is 0 Å². The first-order valence-electron chi connectivity index (χ1n) is 8.80. The van der Waals surface area contributed by atoms with Gasteiger partial charge in [-0.2, -0.15) is 0 Å². The summed E-state index contributed by atoms with van der Waals surface area (Å²) < 4.78 is 16.0. The topological polar surface area (TPSA) is 103 Å². The molecule has 1 N–H and O–H groups in total. The average molecular weight is 421 g/mol. The van der Waals surface area contributed by atoms with Crippen molar-refractivity contribution in [3.63, 3.8) is 0 Å². The monoisotopic (exact) mass is 421 g/mol. The van der Waals surface area contributed by atoms with Crippen molar-refractivity contribution in [3.8, 4) is 11.3 Å². The van der Waals surface area contributed by atoms with Gasteiger partial charge in [0.25, 0.3) is 5.22 Å². The number of para-hydroxylation sites is 2. The summed E-state index contributed by atoms with van der Waals surface area (Å²) in [5.74, 6) is -0.646. The highest BCUT2D eigenvalue weighted by molar-refractivity contribution is 8.03. The number of carbonyl (C=O) groups excluding carboxylic acids is 1. The number of aliphatic carboxylic acids is 1. The van der Waals surface area contributed by atoms with Crippen molar-refractivity contribution in [2.24, 2.45) is 0 Å². The van der Waals surface area contributed by atoms with E-state index in [4.69, 9.17) is 8.83 Å². The first-order chi connectivity index (χ1) is 14.5. The van der Waals surface area contributed by atoms with E-state index in [0.29, 0.717) is 28.2 Å². The maximum Gasteiger partial charge on any atom is 0.342 e. The first kappa shape index (κ1) is 19.5. The number of rotatable bonds is 6. The zero-order chi connectivity index (χ0) is 21.1. The van der Waals surface area contributed by atoms with E-state index in [1.165, 1.54) is 13.2 Å². The number of carbonyl (C=O) groups is 2. The molecule has 8 heteroatoms. The van der Waals surface area contributed by atoms with Crippen molar-refractivity contribution in [2.45, 2.75) is 5.22 Å². The fourth-order valence-electron chi connectivity index (χ4n) is 2.73. The van der Waals surface area contributed by atoms with Crippen LogP contribution in [0.2, 0.25) is 0 Å². The molecule has 0 saturated carbocycles. The summed E-state index contributed by atoms with van der Waals surface area (Å²) in [5, 5.41) is 9.79. The predicted octanol–water partition coefficient (Wildman–Crippen LogP) is 5.09. The molecule has 4 aromatic rings. The third-order valence-corrected chi connectivity index (χ3v) is 5.03. The number of hydrogen-bond donors (Lipinski definition) is 1. The number of thioether (sulfide) groups is 1. The van der Waals surface area contributed by atoms with Crippen molar-refractivity contribution in [2.75, 3.05) is 7.11 Å². The number of hydrogen-bond acceptors (Lipinski definition) is 7. The highest BCUT2D eigenvalue weighted by atomic mass is 32.2. The molecule has 0 saturated heterocycles. The number of ether oxygens (including phenoxy) is 1. The molecule has 0 unspecified atom stereocenters. The minimum atomic E-state index is -1.12. The van der Waals surface area contributed by atoms with E-state index in [0.717, 1.165) is 17.3 Å². The van der Waals surface area contributed by atoms with Crippen LogP contribution in [0.3, 0.4) is 0 Å². The smallest absolute Gasteiger partial charge is 0.342 e. The number of benzene rings is 2. The molecule has 0 aliphatic rings. The minimum absolute atomic E-state index is 0.00324. The molecule has 0 atom stereocenters. The van der Waals surface area contributed by atoms with Crippen LogP contribution in [0.15, 0.2) is 79.6 Å². The molecule has 0 radical (unpaired) electrons. The number of methoxy groups -OCH3 is 1. The molecule has 4 rings (SSSR count). The van der Waals surface area contributed by atoms with Crippen LogP contribution in [-0.2, 0) is 9.53 Å². The molecule has 2 heterocycles. The maximum atomic E-state index is 11.7. The van der Waals surface area contributed by atoms with Crippen LogP contribution in [0, 0.1) is 0 Å². The lowest BCUT2D eigenvalue weighted by Gasteiger charge is -2.01. The van der Waals surface area contributed by atoms with Crippen LogP contribution < -0.4 is 0 Å². The Balaban J connectivity index is 1.57. The molecule has 0 fully saturated rings. The predicted molar refractivity (Wildman–Crippen MR) is 111 cm³/mol. The normalized spacial score (nSPS) is 11.6. The lowest BCUT2D eigenvalue weighted by Crippen LogP contribution is -2.00. The standard InChI is InChI=1S/C22H15NO6S/c1-27-21(26)14-8-6-13(7-9-14)17-11-10-15(28-17)12-19(20(24)25)30-22-23-16-4-2-3-5-18(16)29-22/h2-12H,1H3,(H,24,25)/b19-12-. The Hall–Kier alpha value is -3.78. The molecular formula is C22H15NO6S. The average Bonchev–Trinajstić information content (AvgIpc) is 3.39. The van der Waals surface area contributed by atoms with Gasteiger partial charge in [-0.15, -0.1) is 0 Å². The summed E-state index contributed by atoms with van der Waals surface area (Å²) in [6, 6.07) is 17.3. The highest BCUT2D eigenvalue weighted by Crippen LogP contribution is 2.32. The number of carboxylic acids is 1.